The Kier molecular flexibility index (Phi) is 3.27. The summed E-state index contributed by atoms with van der Waals surface area (Å²) in [5.41, 5.74) is 3.03. The molecule has 1 saturated carbocycles. The molecule has 0 bridgehead atoms. The lowest BCUT2D eigenvalue weighted by molar-refractivity contribution is 0.291. The quantitative estimate of drug-likeness (QED) is 0.784. The van der Waals surface area contributed by atoms with E-state index in [-0.39, 0.29) is 5.41 Å². The fraction of sp³-hybridized carbons (Fsp3) is 0.353. The van der Waals surface area contributed by atoms with Gasteiger partial charge < -0.3 is 9.42 Å². The average Bonchev–Trinajstić information content (AvgIpc) is 3.01. The van der Waals surface area contributed by atoms with Crippen LogP contribution in [0, 0.1) is 0 Å². The Bertz CT molecular complexity index is 802. The number of rotatable bonds is 5. The first-order valence-corrected chi connectivity index (χ1v) is 7.75. The molecule has 0 spiro atoms. The lowest BCUT2D eigenvalue weighted by Crippen LogP contribution is -2.26. The summed E-state index contributed by atoms with van der Waals surface area (Å²) in [4.78, 5) is 6.84. The van der Waals surface area contributed by atoms with E-state index >= 15 is 0 Å². The van der Waals surface area contributed by atoms with Gasteiger partial charge in [0.15, 0.2) is 0 Å². The van der Waals surface area contributed by atoms with E-state index in [0.717, 1.165) is 42.1 Å². The number of benzene rings is 1. The molecule has 1 N–H and O–H groups in total. The van der Waals surface area contributed by atoms with Gasteiger partial charge in [0, 0.05) is 23.9 Å². The Morgan fingerprint density at radius 1 is 1.22 bits per heavy atom. The van der Waals surface area contributed by atoms with Gasteiger partial charge in [0.25, 0.3) is 0 Å². The zero-order chi connectivity index (χ0) is 15.9. The van der Waals surface area contributed by atoms with Crippen LogP contribution in [-0.4, -0.2) is 45.9 Å². The molecule has 1 aliphatic carbocycles. The summed E-state index contributed by atoms with van der Waals surface area (Å²) in [6, 6.07) is 10.0. The van der Waals surface area contributed by atoms with Crippen molar-refractivity contribution in [1.82, 2.24) is 25.2 Å². The maximum atomic E-state index is 5.57. The van der Waals surface area contributed by atoms with Gasteiger partial charge >= 0.3 is 0 Å². The molecule has 118 valence electrons. The van der Waals surface area contributed by atoms with Crippen molar-refractivity contribution < 1.29 is 4.52 Å². The Labute approximate surface area is 134 Å². The largest absolute Gasteiger partial charge is 0.338 e. The number of likely N-dealkylation sites (N-methyl/N-ethyl adjacent to an activating group) is 1. The first kappa shape index (κ1) is 14.1. The Balaban J connectivity index is 1.64. The number of aromatic nitrogens is 4. The van der Waals surface area contributed by atoms with E-state index in [1.54, 1.807) is 6.20 Å². The second-order valence-electron chi connectivity index (χ2n) is 6.49. The van der Waals surface area contributed by atoms with Crippen LogP contribution in [-0.2, 0) is 5.41 Å². The van der Waals surface area contributed by atoms with Gasteiger partial charge in [0.2, 0.25) is 11.7 Å². The van der Waals surface area contributed by atoms with Gasteiger partial charge in [-0.15, -0.1) is 0 Å². The van der Waals surface area contributed by atoms with Crippen LogP contribution in [0.1, 0.15) is 18.7 Å². The van der Waals surface area contributed by atoms with Gasteiger partial charge in [-0.25, -0.2) is 0 Å². The smallest absolute Gasteiger partial charge is 0.234 e. The first-order chi connectivity index (χ1) is 11.2. The minimum Gasteiger partial charge on any atom is -0.338 e. The molecule has 6 heteroatoms. The van der Waals surface area contributed by atoms with E-state index in [9.17, 15) is 0 Å². The van der Waals surface area contributed by atoms with Gasteiger partial charge in [-0.3, -0.25) is 5.10 Å². The van der Waals surface area contributed by atoms with E-state index in [4.69, 9.17) is 4.52 Å². The van der Waals surface area contributed by atoms with Crippen molar-refractivity contribution >= 4 is 0 Å². The topological polar surface area (TPSA) is 70.8 Å². The predicted molar refractivity (Wildman–Crippen MR) is 86.8 cm³/mol. The standard InChI is InChI=1S/C17H19N5O/c1-22(2)11-17(7-8-17)16-19-15(21-23-16)13-5-3-4-12(10-13)14-6-9-18-20-14/h3-6,9-10H,7-8,11H2,1-2H3,(H,18,20). The number of nitrogens with one attached hydrogen (secondary N) is 1. The van der Waals surface area contributed by atoms with Gasteiger partial charge in [-0.1, -0.05) is 23.4 Å². The van der Waals surface area contributed by atoms with Crippen molar-refractivity contribution in [2.75, 3.05) is 20.6 Å². The third-order valence-electron chi connectivity index (χ3n) is 4.28. The summed E-state index contributed by atoms with van der Waals surface area (Å²) >= 11 is 0. The molecule has 6 nitrogen and oxygen atoms in total. The van der Waals surface area contributed by atoms with Crippen molar-refractivity contribution in [1.29, 1.82) is 0 Å². The molecule has 1 aliphatic rings. The van der Waals surface area contributed by atoms with Gasteiger partial charge in [0.1, 0.15) is 0 Å². The average molecular weight is 309 g/mol. The third-order valence-corrected chi connectivity index (χ3v) is 4.28. The van der Waals surface area contributed by atoms with Gasteiger partial charge in [-0.05, 0) is 39.1 Å². The van der Waals surface area contributed by atoms with Crippen LogP contribution in [0.25, 0.3) is 22.6 Å². The van der Waals surface area contributed by atoms with Crippen molar-refractivity contribution in [3.8, 4) is 22.6 Å². The van der Waals surface area contributed by atoms with Crippen LogP contribution in [0.2, 0.25) is 0 Å². The Hall–Kier alpha value is -2.47. The molecule has 0 radical (unpaired) electrons. The van der Waals surface area contributed by atoms with Crippen molar-refractivity contribution in [3.05, 3.63) is 42.4 Å². The second kappa shape index (κ2) is 5.31. The van der Waals surface area contributed by atoms with Crippen LogP contribution < -0.4 is 0 Å². The van der Waals surface area contributed by atoms with Crippen LogP contribution in [0.3, 0.4) is 0 Å². The lowest BCUT2D eigenvalue weighted by atomic mass is 10.1. The minimum absolute atomic E-state index is 0.0513. The van der Waals surface area contributed by atoms with E-state index < -0.39 is 0 Å². The van der Waals surface area contributed by atoms with Crippen LogP contribution in [0.15, 0.2) is 41.1 Å². The number of aromatic amines is 1. The Morgan fingerprint density at radius 2 is 2.04 bits per heavy atom. The summed E-state index contributed by atoms with van der Waals surface area (Å²) < 4.78 is 5.57. The summed E-state index contributed by atoms with van der Waals surface area (Å²) in [5.74, 6) is 1.40. The zero-order valence-corrected chi connectivity index (χ0v) is 13.3. The summed E-state index contributed by atoms with van der Waals surface area (Å²) in [6.45, 7) is 0.947. The molecule has 0 unspecified atom stereocenters. The normalized spacial score (nSPS) is 16.0. The van der Waals surface area contributed by atoms with Gasteiger partial charge in [-0.2, -0.15) is 10.1 Å². The number of hydrogen-bond donors (Lipinski definition) is 1. The molecule has 0 aliphatic heterocycles. The highest BCUT2D eigenvalue weighted by Gasteiger charge is 2.49. The highest BCUT2D eigenvalue weighted by Crippen LogP contribution is 2.48. The van der Waals surface area contributed by atoms with E-state index in [1.165, 1.54) is 0 Å². The minimum atomic E-state index is 0.0513. The summed E-state index contributed by atoms with van der Waals surface area (Å²) in [5, 5.41) is 11.2. The molecule has 23 heavy (non-hydrogen) atoms. The molecular formula is C17H19N5O. The fourth-order valence-electron chi connectivity index (χ4n) is 2.99. The van der Waals surface area contributed by atoms with Gasteiger partial charge in [0.05, 0.1) is 11.1 Å². The number of hydrogen-bond acceptors (Lipinski definition) is 5. The van der Waals surface area contributed by atoms with Crippen molar-refractivity contribution in [2.45, 2.75) is 18.3 Å². The first-order valence-electron chi connectivity index (χ1n) is 7.75. The highest BCUT2D eigenvalue weighted by atomic mass is 16.5. The fourth-order valence-corrected chi connectivity index (χ4v) is 2.99. The summed E-state index contributed by atoms with van der Waals surface area (Å²) in [7, 11) is 4.15. The molecule has 1 aromatic carbocycles. The number of H-pyrrole nitrogens is 1. The predicted octanol–water partition coefficient (Wildman–Crippen LogP) is 2.72. The third kappa shape index (κ3) is 2.66. The molecule has 2 aromatic heterocycles. The molecular weight excluding hydrogens is 290 g/mol. The molecule has 0 saturated heterocycles. The monoisotopic (exact) mass is 309 g/mol. The highest BCUT2D eigenvalue weighted by molar-refractivity contribution is 5.67. The summed E-state index contributed by atoms with van der Waals surface area (Å²) in [6.07, 6.45) is 3.97. The zero-order valence-electron chi connectivity index (χ0n) is 13.3. The second-order valence-corrected chi connectivity index (χ2v) is 6.49. The van der Waals surface area contributed by atoms with E-state index in [2.05, 4.69) is 39.3 Å². The van der Waals surface area contributed by atoms with E-state index in [0.29, 0.717) is 5.82 Å². The lowest BCUT2D eigenvalue weighted by Gasteiger charge is -2.15. The SMILES string of the molecule is CN(C)CC1(c2nc(-c3cccc(-c4ccn[nH]4)c3)no2)CC1. The molecule has 1 fully saturated rings. The van der Waals surface area contributed by atoms with Crippen molar-refractivity contribution in [2.24, 2.45) is 0 Å². The maximum absolute atomic E-state index is 5.57. The molecule has 0 amide bonds. The Morgan fingerprint density at radius 3 is 2.74 bits per heavy atom. The molecule has 3 aromatic rings. The molecule has 0 atom stereocenters. The molecule has 4 rings (SSSR count). The number of nitrogens with zero attached hydrogens (tertiary/aromatic N) is 4. The molecule has 2 heterocycles. The van der Waals surface area contributed by atoms with Crippen LogP contribution in [0.5, 0.6) is 0 Å². The maximum Gasteiger partial charge on any atom is 0.234 e. The van der Waals surface area contributed by atoms with Crippen molar-refractivity contribution in [3.63, 3.8) is 0 Å². The van der Waals surface area contributed by atoms with Crippen LogP contribution in [0.4, 0.5) is 0 Å². The van der Waals surface area contributed by atoms with Crippen LogP contribution >= 0.6 is 0 Å². The van der Waals surface area contributed by atoms with E-state index in [1.807, 2.05) is 30.3 Å².